The topological polar surface area (TPSA) is 20.2 Å². The van der Waals surface area contributed by atoms with Crippen LogP contribution in [0.2, 0.25) is 5.09 Å². The molecule has 0 radical (unpaired) electrons. The molecule has 0 amide bonds. The molecule has 0 unspecified atom stereocenters. The Bertz CT molecular complexity index is 227. The molecule has 0 aliphatic rings. The Morgan fingerprint density at radius 2 is 1.87 bits per heavy atom. The van der Waals surface area contributed by atoms with Gasteiger partial charge in [-0.2, -0.15) is 0 Å². The second-order valence-corrected chi connectivity index (χ2v) is 3.69. The van der Waals surface area contributed by atoms with Crippen LogP contribution in [0.15, 0.2) is 24.3 Å². The van der Waals surface area contributed by atoms with Crippen LogP contribution in [0, 0.1) is 0 Å². The molecule has 0 aromatic heterocycles. The third-order valence-electron chi connectivity index (χ3n) is 2.29. The fourth-order valence-corrected chi connectivity index (χ4v) is 1.30. The summed E-state index contributed by atoms with van der Waals surface area (Å²) in [5.41, 5.74) is 2.28. The first-order valence-corrected chi connectivity index (χ1v) is 5.97. The molecule has 1 aromatic rings. The number of rotatable bonds is 4. The predicted octanol–water partition coefficient (Wildman–Crippen LogP) is 3.11. The normalized spacial score (nSPS) is 9.40. The van der Waals surface area contributed by atoms with Crippen molar-refractivity contribution in [3.05, 3.63) is 35.4 Å². The molecule has 15 heavy (non-hydrogen) atoms. The van der Waals surface area contributed by atoms with Gasteiger partial charge in [-0.05, 0) is 17.5 Å². The summed E-state index contributed by atoms with van der Waals surface area (Å²) in [5.74, 6) is 0. The zero-order valence-electron chi connectivity index (χ0n) is 10.3. The zero-order valence-corrected chi connectivity index (χ0v) is 10.3. The molecule has 1 nitrogen and oxygen atoms in total. The number of aliphatic hydroxyl groups excluding tert-OH is 1. The summed E-state index contributed by atoms with van der Waals surface area (Å²) in [7, 11) is 0. The van der Waals surface area contributed by atoms with E-state index in [1.54, 1.807) is 0 Å². The van der Waals surface area contributed by atoms with E-state index in [0.29, 0.717) is 0 Å². The molecule has 0 spiro atoms. The molecule has 1 N–H and O–H groups in total. The standard InChI is InChI=1S/C9H12O.C4H9.Li/c1-2-8-4-3-5-9(6-8)7-10;1-3-4-2;/h3-6,10H,2,7H2,1H3;1,3-4H2,2H3;. The SMILES string of the molecule is CCc1cccc(CO)c1.[Li][CH2]CCC. The van der Waals surface area contributed by atoms with E-state index in [1.165, 1.54) is 23.5 Å². The summed E-state index contributed by atoms with van der Waals surface area (Å²) >= 11 is 2.21. The second kappa shape index (κ2) is 10.3. The van der Waals surface area contributed by atoms with Gasteiger partial charge in [-0.1, -0.05) is 31.2 Å². The molecule has 0 bridgehead atoms. The molecular formula is C13H21LiO. The predicted molar refractivity (Wildman–Crippen MR) is 67.2 cm³/mol. The van der Waals surface area contributed by atoms with Crippen molar-refractivity contribution in [2.24, 2.45) is 0 Å². The van der Waals surface area contributed by atoms with Crippen molar-refractivity contribution in [1.29, 1.82) is 0 Å². The molecule has 1 aromatic carbocycles. The molecule has 0 saturated carbocycles. The number of benzene rings is 1. The van der Waals surface area contributed by atoms with Crippen LogP contribution in [-0.4, -0.2) is 22.8 Å². The van der Waals surface area contributed by atoms with Crippen LogP contribution in [0.25, 0.3) is 0 Å². The van der Waals surface area contributed by atoms with Crippen LogP contribution in [0.4, 0.5) is 0 Å². The van der Waals surface area contributed by atoms with Crippen LogP contribution in [-0.2, 0) is 13.0 Å². The van der Waals surface area contributed by atoms with Gasteiger partial charge in [0.25, 0.3) is 0 Å². The first-order chi connectivity index (χ1) is 7.28. The van der Waals surface area contributed by atoms with Crippen molar-refractivity contribution in [3.63, 3.8) is 0 Å². The molecule has 0 heterocycles. The van der Waals surface area contributed by atoms with E-state index in [0.717, 1.165) is 12.0 Å². The van der Waals surface area contributed by atoms with Gasteiger partial charge in [0.2, 0.25) is 0 Å². The van der Waals surface area contributed by atoms with E-state index < -0.39 is 0 Å². The Kier molecular flexibility index (Phi) is 10.1. The van der Waals surface area contributed by atoms with E-state index in [9.17, 15) is 0 Å². The Morgan fingerprint density at radius 1 is 1.20 bits per heavy atom. The number of aliphatic hydroxyl groups is 1. The van der Waals surface area contributed by atoms with E-state index >= 15 is 0 Å². The molecule has 0 aliphatic carbocycles. The van der Waals surface area contributed by atoms with Crippen molar-refractivity contribution in [2.75, 3.05) is 0 Å². The maximum atomic E-state index is 8.76. The molecule has 1 rings (SSSR count). The summed E-state index contributed by atoms with van der Waals surface area (Å²) in [5, 5.41) is 10.1. The van der Waals surface area contributed by atoms with Crippen molar-refractivity contribution in [1.82, 2.24) is 0 Å². The van der Waals surface area contributed by atoms with Crippen LogP contribution in [0.5, 0.6) is 0 Å². The minimum absolute atomic E-state index is 0.147. The van der Waals surface area contributed by atoms with Crippen LogP contribution in [0.1, 0.15) is 37.8 Å². The average Bonchev–Trinajstić information content (AvgIpc) is 2.31. The fraction of sp³-hybridized carbons (Fsp3) is 0.538. The van der Waals surface area contributed by atoms with Gasteiger partial charge in [0, 0.05) is 0 Å². The second-order valence-electron chi connectivity index (χ2n) is 3.69. The van der Waals surface area contributed by atoms with Crippen molar-refractivity contribution >= 4 is 17.7 Å². The molecular weight excluding hydrogens is 179 g/mol. The fourth-order valence-electron chi connectivity index (χ4n) is 1.30. The quantitative estimate of drug-likeness (QED) is 0.740. The summed E-state index contributed by atoms with van der Waals surface area (Å²) in [6.45, 7) is 4.47. The summed E-state index contributed by atoms with van der Waals surface area (Å²) in [6, 6.07) is 8.00. The van der Waals surface area contributed by atoms with Gasteiger partial charge in [-0.3, -0.25) is 0 Å². The van der Waals surface area contributed by atoms with E-state index in [1.807, 2.05) is 18.2 Å². The Labute approximate surface area is 103 Å². The van der Waals surface area contributed by atoms with Crippen LogP contribution >= 0.6 is 0 Å². The first-order valence-electron chi connectivity index (χ1n) is 5.97. The monoisotopic (exact) mass is 200 g/mol. The number of aryl methyl sites for hydroxylation is 1. The van der Waals surface area contributed by atoms with Gasteiger partial charge in [-0.15, -0.1) is 0 Å². The third-order valence-corrected chi connectivity index (χ3v) is 2.29. The van der Waals surface area contributed by atoms with Gasteiger partial charge in [-0.25, -0.2) is 0 Å². The number of hydrogen-bond acceptors (Lipinski definition) is 1. The molecule has 0 aliphatic heterocycles. The minimum atomic E-state index is 0.147. The summed E-state index contributed by atoms with van der Waals surface area (Å²) in [4.78, 5) is 0. The van der Waals surface area contributed by atoms with Crippen LogP contribution in [0.3, 0.4) is 0 Å². The van der Waals surface area contributed by atoms with Gasteiger partial charge >= 0.3 is 42.6 Å². The van der Waals surface area contributed by atoms with Crippen molar-refractivity contribution < 1.29 is 5.11 Å². The Morgan fingerprint density at radius 3 is 2.27 bits per heavy atom. The van der Waals surface area contributed by atoms with Gasteiger partial charge in [0.1, 0.15) is 0 Å². The molecule has 0 atom stereocenters. The summed E-state index contributed by atoms with van der Waals surface area (Å²) < 4.78 is 0. The molecule has 2 heteroatoms. The molecule has 0 saturated heterocycles. The van der Waals surface area contributed by atoms with E-state index in [-0.39, 0.29) is 6.61 Å². The molecule has 80 valence electrons. The van der Waals surface area contributed by atoms with Crippen LogP contribution < -0.4 is 0 Å². The Hall–Kier alpha value is -0.223. The third kappa shape index (κ3) is 7.68. The number of unbranched alkanes of at least 4 members (excludes halogenated alkanes) is 1. The van der Waals surface area contributed by atoms with E-state index in [2.05, 4.69) is 37.6 Å². The van der Waals surface area contributed by atoms with Gasteiger partial charge in [0.05, 0.1) is 6.61 Å². The van der Waals surface area contributed by atoms with Crippen molar-refractivity contribution in [3.8, 4) is 0 Å². The summed E-state index contributed by atoms with van der Waals surface area (Å²) in [6.07, 6.45) is 3.77. The first kappa shape index (κ1) is 14.8. The average molecular weight is 200 g/mol. The zero-order chi connectivity index (χ0) is 11.5. The number of hydrogen-bond donors (Lipinski definition) is 1. The van der Waals surface area contributed by atoms with Crippen molar-refractivity contribution in [2.45, 2.75) is 44.8 Å². The maximum absolute atomic E-state index is 8.76. The van der Waals surface area contributed by atoms with Gasteiger partial charge < -0.3 is 5.11 Å². The Balaban J connectivity index is 0.000000336. The van der Waals surface area contributed by atoms with E-state index in [4.69, 9.17) is 5.11 Å². The van der Waals surface area contributed by atoms with Gasteiger partial charge in [0.15, 0.2) is 0 Å². The molecule has 0 fully saturated rings.